The average molecular weight is 271 g/mol. The van der Waals surface area contributed by atoms with Gasteiger partial charge in [0.05, 0.1) is 10.4 Å². The van der Waals surface area contributed by atoms with Gasteiger partial charge in [0.15, 0.2) is 0 Å². The second-order valence-electron chi connectivity index (χ2n) is 3.16. The van der Waals surface area contributed by atoms with E-state index in [9.17, 15) is 0 Å². The van der Waals surface area contributed by atoms with Gasteiger partial charge in [0.2, 0.25) is 0 Å². The Kier molecular flexibility index (Phi) is 2.79. The summed E-state index contributed by atoms with van der Waals surface area (Å²) in [5.41, 5.74) is 1.25. The second kappa shape index (κ2) is 3.91. The summed E-state index contributed by atoms with van der Waals surface area (Å²) in [6.07, 6.45) is 0. The largest absolute Gasteiger partial charge is 0.493 e. The van der Waals surface area contributed by atoms with Crippen molar-refractivity contribution >= 4 is 37.4 Å². The van der Waals surface area contributed by atoms with Crippen molar-refractivity contribution in [1.82, 2.24) is 0 Å². The number of fused-ring (bicyclic) bond motifs is 1. The zero-order valence-corrected chi connectivity index (χ0v) is 10.5. The minimum absolute atomic E-state index is 0.714. The van der Waals surface area contributed by atoms with Crippen molar-refractivity contribution in [2.24, 2.45) is 0 Å². The smallest absolute Gasteiger partial charge is 0.128 e. The molecule has 0 fully saturated rings. The molecule has 1 heterocycles. The molecule has 0 amide bonds. The summed E-state index contributed by atoms with van der Waals surface area (Å²) in [6.45, 7) is 4.82. The minimum atomic E-state index is 0.714. The van der Waals surface area contributed by atoms with Crippen LogP contribution in [-0.2, 0) is 0 Å². The highest BCUT2D eigenvalue weighted by Crippen LogP contribution is 2.36. The minimum Gasteiger partial charge on any atom is -0.493 e. The number of hydrogen-bond donors (Lipinski definition) is 0. The van der Waals surface area contributed by atoms with E-state index in [1.54, 1.807) is 11.3 Å². The molecule has 0 unspecified atom stereocenters. The molecule has 0 N–H and O–H groups in total. The molecule has 0 aliphatic heterocycles. The zero-order valence-electron chi connectivity index (χ0n) is 8.13. The molecule has 0 saturated heterocycles. The van der Waals surface area contributed by atoms with Crippen LogP contribution < -0.4 is 4.74 Å². The van der Waals surface area contributed by atoms with Crippen LogP contribution in [-0.4, -0.2) is 6.61 Å². The lowest BCUT2D eigenvalue weighted by Gasteiger charge is -2.05. The summed E-state index contributed by atoms with van der Waals surface area (Å²) in [5.74, 6) is 0.990. The van der Waals surface area contributed by atoms with Crippen LogP contribution in [0, 0.1) is 6.92 Å². The average Bonchev–Trinajstić information content (AvgIpc) is 2.45. The van der Waals surface area contributed by atoms with Crippen LogP contribution >= 0.6 is 27.3 Å². The highest BCUT2D eigenvalue weighted by molar-refractivity contribution is 9.11. The first-order valence-electron chi connectivity index (χ1n) is 4.53. The Labute approximate surface area is 95.8 Å². The van der Waals surface area contributed by atoms with Crippen molar-refractivity contribution in [3.8, 4) is 5.75 Å². The van der Waals surface area contributed by atoms with Crippen molar-refractivity contribution in [2.45, 2.75) is 13.8 Å². The number of thiophene rings is 1. The first-order valence-corrected chi connectivity index (χ1v) is 6.14. The highest BCUT2D eigenvalue weighted by atomic mass is 79.9. The van der Waals surface area contributed by atoms with Crippen molar-refractivity contribution in [2.75, 3.05) is 6.61 Å². The maximum Gasteiger partial charge on any atom is 0.128 e. The van der Waals surface area contributed by atoms with Crippen molar-refractivity contribution in [3.05, 3.63) is 27.5 Å². The lowest BCUT2D eigenvalue weighted by atomic mass is 10.2. The number of halogens is 1. The second-order valence-corrected chi connectivity index (χ2v) is 5.62. The standard InChI is InChI=1S/C11H11BrOS/c1-3-13-9-4-7(2)5-10-8(9)6-11(12)14-10/h4-6H,3H2,1-2H3. The molecule has 1 aromatic carbocycles. The number of ether oxygens (including phenoxy) is 1. The van der Waals surface area contributed by atoms with E-state index in [1.807, 2.05) is 6.92 Å². The third-order valence-electron chi connectivity index (χ3n) is 2.01. The SMILES string of the molecule is CCOc1cc(C)cc2sc(Br)cc12. The first kappa shape index (κ1) is 9.99. The van der Waals surface area contributed by atoms with Crippen LogP contribution in [0.15, 0.2) is 22.0 Å². The molecule has 0 radical (unpaired) electrons. The predicted octanol–water partition coefficient (Wildman–Crippen LogP) is 4.37. The summed E-state index contributed by atoms with van der Waals surface area (Å²) in [4.78, 5) is 0. The van der Waals surface area contributed by atoms with Gasteiger partial charge in [0.25, 0.3) is 0 Å². The molecule has 1 aromatic heterocycles. The Morgan fingerprint density at radius 1 is 1.36 bits per heavy atom. The van der Waals surface area contributed by atoms with Crippen LogP contribution in [0.4, 0.5) is 0 Å². The molecule has 0 bridgehead atoms. The summed E-state index contributed by atoms with van der Waals surface area (Å²) in [5, 5.41) is 1.20. The van der Waals surface area contributed by atoms with Gasteiger partial charge in [-0.1, -0.05) is 0 Å². The Morgan fingerprint density at radius 3 is 2.86 bits per heavy atom. The molecular weight excluding hydrogens is 260 g/mol. The van der Waals surface area contributed by atoms with Crippen molar-refractivity contribution in [3.63, 3.8) is 0 Å². The van der Waals surface area contributed by atoms with E-state index in [1.165, 1.54) is 15.6 Å². The number of aryl methyl sites for hydroxylation is 1. The summed E-state index contributed by atoms with van der Waals surface area (Å²) in [7, 11) is 0. The molecule has 0 saturated carbocycles. The van der Waals surface area contributed by atoms with Gasteiger partial charge in [-0.15, -0.1) is 11.3 Å². The maximum atomic E-state index is 5.60. The number of hydrogen-bond acceptors (Lipinski definition) is 2. The molecule has 1 nitrogen and oxygen atoms in total. The lowest BCUT2D eigenvalue weighted by Crippen LogP contribution is -1.91. The van der Waals surface area contributed by atoms with Gasteiger partial charge < -0.3 is 4.74 Å². The molecule has 74 valence electrons. The molecule has 2 rings (SSSR count). The molecule has 0 spiro atoms. The quantitative estimate of drug-likeness (QED) is 0.788. The molecule has 14 heavy (non-hydrogen) atoms. The number of rotatable bonds is 2. The fourth-order valence-electron chi connectivity index (χ4n) is 1.48. The normalized spacial score (nSPS) is 10.8. The van der Waals surface area contributed by atoms with Crippen molar-refractivity contribution in [1.29, 1.82) is 0 Å². The monoisotopic (exact) mass is 270 g/mol. The van der Waals surface area contributed by atoms with Gasteiger partial charge in [-0.3, -0.25) is 0 Å². The van der Waals surface area contributed by atoms with E-state index in [0.717, 1.165) is 9.54 Å². The fourth-order valence-corrected chi connectivity index (χ4v) is 3.14. The van der Waals surface area contributed by atoms with Gasteiger partial charge in [0.1, 0.15) is 5.75 Å². The van der Waals surface area contributed by atoms with Crippen LogP contribution in [0.3, 0.4) is 0 Å². The Bertz CT molecular complexity index is 462. The Morgan fingerprint density at radius 2 is 2.14 bits per heavy atom. The lowest BCUT2D eigenvalue weighted by molar-refractivity contribution is 0.344. The fraction of sp³-hybridized carbons (Fsp3) is 0.273. The van der Waals surface area contributed by atoms with E-state index < -0.39 is 0 Å². The Balaban J connectivity index is 2.66. The van der Waals surface area contributed by atoms with Gasteiger partial charge in [-0.05, 0) is 53.5 Å². The van der Waals surface area contributed by atoms with E-state index in [0.29, 0.717) is 6.61 Å². The zero-order chi connectivity index (χ0) is 10.1. The van der Waals surface area contributed by atoms with Crippen LogP contribution in [0.1, 0.15) is 12.5 Å². The summed E-state index contributed by atoms with van der Waals surface area (Å²) < 4.78 is 8.03. The van der Waals surface area contributed by atoms with E-state index in [4.69, 9.17) is 4.74 Å². The third-order valence-corrected chi connectivity index (χ3v) is 3.60. The van der Waals surface area contributed by atoms with E-state index in [-0.39, 0.29) is 0 Å². The molecule has 0 aliphatic carbocycles. The van der Waals surface area contributed by atoms with Gasteiger partial charge in [-0.2, -0.15) is 0 Å². The molecular formula is C11H11BrOS. The molecule has 0 aliphatic rings. The molecule has 3 heteroatoms. The van der Waals surface area contributed by atoms with Crippen LogP contribution in [0.2, 0.25) is 0 Å². The number of benzene rings is 1. The topological polar surface area (TPSA) is 9.23 Å². The van der Waals surface area contributed by atoms with Gasteiger partial charge >= 0.3 is 0 Å². The van der Waals surface area contributed by atoms with E-state index >= 15 is 0 Å². The third kappa shape index (κ3) is 1.79. The van der Waals surface area contributed by atoms with Gasteiger partial charge in [-0.25, -0.2) is 0 Å². The molecule has 0 atom stereocenters. The maximum absolute atomic E-state index is 5.60. The van der Waals surface area contributed by atoms with Crippen LogP contribution in [0.25, 0.3) is 10.1 Å². The predicted molar refractivity (Wildman–Crippen MR) is 65.4 cm³/mol. The first-order chi connectivity index (χ1) is 6.70. The Hall–Kier alpha value is -0.540. The van der Waals surface area contributed by atoms with Gasteiger partial charge in [0, 0.05) is 10.1 Å². The van der Waals surface area contributed by atoms with Crippen molar-refractivity contribution < 1.29 is 4.74 Å². The molecule has 2 aromatic rings. The van der Waals surface area contributed by atoms with E-state index in [2.05, 4.69) is 41.1 Å². The highest BCUT2D eigenvalue weighted by Gasteiger charge is 2.06. The van der Waals surface area contributed by atoms with Crippen LogP contribution in [0.5, 0.6) is 5.75 Å². The summed E-state index contributed by atoms with van der Waals surface area (Å²) >= 11 is 5.24. The summed E-state index contributed by atoms with van der Waals surface area (Å²) in [6, 6.07) is 6.39.